The van der Waals surface area contributed by atoms with Crippen molar-refractivity contribution in [3.8, 4) is 5.75 Å². The summed E-state index contributed by atoms with van der Waals surface area (Å²) in [5, 5.41) is 13.5. The number of rotatable bonds is 7. The quantitative estimate of drug-likeness (QED) is 0.788. The minimum Gasteiger partial charge on any atom is -0.491 e. The van der Waals surface area contributed by atoms with Crippen LogP contribution in [0, 0.1) is 5.92 Å². The van der Waals surface area contributed by atoms with Gasteiger partial charge < -0.3 is 15.2 Å². The summed E-state index contributed by atoms with van der Waals surface area (Å²) in [5.41, 5.74) is 0. The van der Waals surface area contributed by atoms with Crippen LogP contribution in [0.4, 0.5) is 0 Å². The van der Waals surface area contributed by atoms with Crippen molar-refractivity contribution in [1.29, 1.82) is 0 Å². The molecule has 0 unspecified atom stereocenters. The Hall–Kier alpha value is -0.770. The van der Waals surface area contributed by atoms with E-state index in [1.165, 1.54) is 0 Å². The topological polar surface area (TPSA) is 41.5 Å². The Kier molecular flexibility index (Phi) is 6.34. The fraction of sp³-hybridized carbons (Fsp3) is 0.538. The smallest absolute Gasteiger partial charge is 0.119 e. The molecule has 4 heteroatoms. The molecule has 0 saturated carbocycles. The molecule has 2 N–H and O–H groups in total. The van der Waals surface area contributed by atoms with Crippen molar-refractivity contribution in [1.82, 2.24) is 5.32 Å². The molecule has 0 aromatic heterocycles. The van der Waals surface area contributed by atoms with Crippen LogP contribution in [0.2, 0.25) is 5.02 Å². The van der Waals surface area contributed by atoms with Crippen molar-refractivity contribution in [2.45, 2.75) is 20.0 Å². The molecule has 96 valence electrons. The Morgan fingerprint density at radius 2 is 1.88 bits per heavy atom. The third-order valence-electron chi connectivity index (χ3n) is 2.19. The van der Waals surface area contributed by atoms with E-state index in [1.54, 1.807) is 24.3 Å². The van der Waals surface area contributed by atoms with Crippen LogP contribution in [0.3, 0.4) is 0 Å². The van der Waals surface area contributed by atoms with Gasteiger partial charge in [-0.3, -0.25) is 0 Å². The standard InChI is InChI=1S/C13H20ClNO2/c1-10(2)7-15-8-12(16)9-17-13-5-3-11(14)4-6-13/h3-6,10,12,15-16H,7-9H2,1-2H3/t12-/m0/s1. The highest BCUT2D eigenvalue weighted by Crippen LogP contribution is 2.15. The summed E-state index contributed by atoms with van der Waals surface area (Å²) in [6, 6.07) is 7.10. The maximum atomic E-state index is 9.66. The number of ether oxygens (including phenoxy) is 1. The van der Waals surface area contributed by atoms with Gasteiger partial charge in [0.2, 0.25) is 0 Å². The van der Waals surface area contributed by atoms with Crippen LogP contribution in [0.15, 0.2) is 24.3 Å². The van der Waals surface area contributed by atoms with Crippen LogP contribution >= 0.6 is 11.6 Å². The molecule has 0 aliphatic heterocycles. The lowest BCUT2D eigenvalue weighted by atomic mass is 10.2. The highest BCUT2D eigenvalue weighted by molar-refractivity contribution is 6.30. The molecule has 0 fully saturated rings. The lowest BCUT2D eigenvalue weighted by molar-refractivity contribution is 0.106. The van der Waals surface area contributed by atoms with Crippen molar-refractivity contribution in [3.63, 3.8) is 0 Å². The van der Waals surface area contributed by atoms with Gasteiger partial charge in [-0.25, -0.2) is 0 Å². The Morgan fingerprint density at radius 3 is 2.47 bits per heavy atom. The van der Waals surface area contributed by atoms with E-state index in [-0.39, 0.29) is 6.61 Å². The zero-order chi connectivity index (χ0) is 12.7. The molecule has 0 bridgehead atoms. The van der Waals surface area contributed by atoms with E-state index >= 15 is 0 Å². The summed E-state index contributed by atoms with van der Waals surface area (Å²) in [6.45, 7) is 5.99. The van der Waals surface area contributed by atoms with Gasteiger partial charge >= 0.3 is 0 Å². The van der Waals surface area contributed by atoms with Gasteiger partial charge in [-0.15, -0.1) is 0 Å². The largest absolute Gasteiger partial charge is 0.491 e. The molecule has 0 radical (unpaired) electrons. The van der Waals surface area contributed by atoms with Gasteiger partial charge in [-0.05, 0) is 36.7 Å². The number of aliphatic hydroxyl groups excluding tert-OH is 1. The minimum atomic E-state index is -0.496. The normalized spacial score (nSPS) is 12.8. The molecular formula is C13H20ClNO2. The maximum Gasteiger partial charge on any atom is 0.119 e. The van der Waals surface area contributed by atoms with E-state index in [1.807, 2.05) is 0 Å². The Bertz CT molecular complexity index is 314. The van der Waals surface area contributed by atoms with Crippen molar-refractivity contribution < 1.29 is 9.84 Å². The lowest BCUT2D eigenvalue weighted by Crippen LogP contribution is -2.33. The van der Waals surface area contributed by atoms with Crippen LogP contribution in [0.5, 0.6) is 5.75 Å². The Labute approximate surface area is 108 Å². The van der Waals surface area contributed by atoms with Crippen LogP contribution in [-0.4, -0.2) is 30.9 Å². The van der Waals surface area contributed by atoms with E-state index in [0.29, 0.717) is 17.5 Å². The molecule has 1 rings (SSSR count). The van der Waals surface area contributed by atoms with Crippen LogP contribution in [0.25, 0.3) is 0 Å². The average molecular weight is 258 g/mol. The SMILES string of the molecule is CC(C)CNC[C@H](O)COc1ccc(Cl)cc1. The number of hydrogen-bond donors (Lipinski definition) is 2. The number of nitrogens with one attached hydrogen (secondary N) is 1. The first-order valence-electron chi connectivity index (χ1n) is 5.85. The summed E-state index contributed by atoms with van der Waals surface area (Å²) in [4.78, 5) is 0. The fourth-order valence-corrected chi connectivity index (χ4v) is 1.45. The maximum absolute atomic E-state index is 9.66. The van der Waals surface area contributed by atoms with E-state index in [9.17, 15) is 5.11 Å². The van der Waals surface area contributed by atoms with E-state index in [2.05, 4.69) is 19.2 Å². The summed E-state index contributed by atoms with van der Waals surface area (Å²) in [7, 11) is 0. The summed E-state index contributed by atoms with van der Waals surface area (Å²) in [6.07, 6.45) is -0.496. The minimum absolute atomic E-state index is 0.284. The molecule has 0 spiro atoms. The molecule has 17 heavy (non-hydrogen) atoms. The fourth-order valence-electron chi connectivity index (χ4n) is 1.32. The average Bonchev–Trinajstić information content (AvgIpc) is 2.28. The van der Waals surface area contributed by atoms with E-state index in [0.717, 1.165) is 12.3 Å². The predicted octanol–water partition coefficient (Wildman–Crippen LogP) is 2.33. The first-order chi connectivity index (χ1) is 8.08. The van der Waals surface area contributed by atoms with Gasteiger partial charge in [0.15, 0.2) is 0 Å². The number of hydrogen-bond acceptors (Lipinski definition) is 3. The highest BCUT2D eigenvalue weighted by atomic mass is 35.5. The predicted molar refractivity (Wildman–Crippen MR) is 70.7 cm³/mol. The van der Waals surface area contributed by atoms with Gasteiger partial charge in [-0.2, -0.15) is 0 Å². The molecule has 0 aliphatic rings. The Balaban J connectivity index is 2.19. The van der Waals surface area contributed by atoms with Crippen molar-refractivity contribution in [2.24, 2.45) is 5.92 Å². The van der Waals surface area contributed by atoms with Crippen LogP contribution in [-0.2, 0) is 0 Å². The summed E-state index contributed by atoms with van der Waals surface area (Å²) < 4.78 is 5.43. The molecular weight excluding hydrogens is 238 g/mol. The number of halogens is 1. The van der Waals surface area contributed by atoms with Crippen molar-refractivity contribution in [3.05, 3.63) is 29.3 Å². The van der Waals surface area contributed by atoms with Crippen molar-refractivity contribution in [2.75, 3.05) is 19.7 Å². The third kappa shape index (κ3) is 6.51. The zero-order valence-electron chi connectivity index (χ0n) is 10.3. The molecule has 0 heterocycles. The molecule has 1 atom stereocenters. The van der Waals surface area contributed by atoms with Crippen LogP contribution < -0.4 is 10.1 Å². The first kappa shape index (κ1) is 14.3. The summed E-state index contributed by atoms with van der Waals surface area (Å²) >= 11 is 5.76. The second-order valence-electron chi connectivity index (χ2n) is 4.47. The summed E-state index contributed by atoms with van der Waals surface area (Å²) in [5.74, 6) is 1.30. The monoisotopic (exact) mass is 257 g/mol. The molecule has 1 aromatic carbocycles. The van der Waals surface area contributed by atoms with Gasteiger partial charge in [0.25, 0.3) is 0 Å². The molecule has 0 saturated heterocycles. The lowest BCUT2D eigenvalue weighted by Gasteiger charge is -2.14. The molecule has 0 aliphatic carbocycles. The first-order valence-corrected chi connectivity index (χ1v) is 6.23. The van der Waals surface area contributed by atoms with Gasteiger partial charge in [0, 0.05) is 11.6 Å². The van der Waals surface area contributed by atoms with Crippen LogP contribution in [0.1, 0.15) is 13.8 Å². The van der Waals surface area contributed by atoms with Gasteiger partial charge in [0.05, 0.1) is 0 Å². The molecule has 3 nitrogen and oxygen atoms in total. The second kappa shape index (κ2) is 7.54. The van der Waals surface area contributed by atoms with Gasteiger partial charge in [-0.1, -0.05) is 25.4 Å². The number of benzene rings is 1. The van der Waals surface area contributed by atoms with E-state index < -0.39 is 6.10 Å². The van der Waals surface area contributed by atoms with E-state index in [4.69, 9.17) is 16.3 Å². The second-order valence-corrected chi connectivity index (χ2v) is 4.91. The zero-order valence-corrected chi connectivity index (χ0v) is 11.1. The number of aliphatic hydroxyl groups is 1. The highest BCUT2D eigenvalue weighted by Gasteiger charge is 2.05. The molecule has 1 aromatic rings. The third-order valence-corrected chi connectivity index (χ3v) is 2.44. The Morgan fingerprint density at radius 1 is 1.24 bits per heavy atom. The van der Waals surface area contributed by atoms with Gasteiger partial charge in [0.1, 0.15) is 18.5 Å². The molecule has 0 amide bonds. The van der Waals surface area contributed by atoms with Crippen molar-refractivity contribution >= 4 is 11.6 Å².